The Kier molecular flexibility index (Phi) is 5.36. The summed E-state index contributed by atoms with van der Waals surface area (Å²) in [5.74, 6) is 1.41. The van der Waals surface area contributed by atoms with E-state index in [0.717, 1.165) is 38.9 Å². The van der Waals surface area contributed by atoms with E-state index in [1.54, 1.807) is 12.1 Å². The van der Waals surface area contributed by atoms with E-state index in [-0.39, 0.29) is 23.1 Å². The number of benzene rings is 2. The normalized spacial score (nSPS) is 25.9. The molecular weight excluding hydrogens is 395 g/mol. The number of hydrogen-bond donors (Lipinski definition) is 1. The number of carbonyl (C=O) groups is 1. The zero-order chi connectivity index (χ0) is 20.7. The van der Waals surface area contributed by atoms with Gasteiger partial charge in [-0.15, -0.1) is 11.8 Å². The van der Waals surface area contributed by atoms with Gasteiger partial charge in [-0.1, -0.05) is 19.1 Å². The van der Waals surface area contributed by atoms with Gasteiger partial charge < -0.3 is 10.2 Å². The third-order valence-electron chi connectivity index (χ3n) is 7.32. The van der Waals surface area contributed by atoms with Crippen molar-refractivity contribution in [3.63, 3.8) is 0 Å². The minimum atomic E-state index is -0.297. The number of para-hydroxylation sites is 1. The lowest BCUT2D eigenvalue weighted by Crippen LogP contribution is -2.56. The van der Waals surface area contributed by atoms with Crippen molar-refractivity contribution < 1.29 is 9.18 Å². The van der Waals surface area contributed by atoms with Crippen LogP contribution in [0.5, 0.6) is 0 Å². The van der Waals surface area contributed by atoms with E-state index in [9.17, 15) is 9.18 Å². The van der Waals surface area contributed by atoms with Gasteiger partial charge in [-0.2, -0.15) is 0 Å². The first-order chi connectivity index (χ1) is 14.6. The molecular formula is C25H29FN2OS. The molecule has 3 nitrogen and oxygen atoms in total. The first kappa shape index (κ1) is 20.1. The average Bonchev–Trinajstić information content (AvgIpc) is 2.89. The van der Waals surface area contributed by atoms with Gasteiger partial charge in [0.05, 0.1) is 5.69 Å². The molecule has 0 radical (unpaired) electrons. The van der Waals surface area contributed by atoms with Gasteiger partial charge in [0.25, 0.3) is 0 Å². The molecule has 1 N–H and O–H groups in total. The first-order valence-electron chi connectivity index (χ1n) is 11.1. The molecule has 3 unspecified atom stereocenters. The van der Waals surface area contributed by atoms with Crippen molar-refractivity contribution in [3.8, 4) is 0 Å². The molecule has 2 aromatic rings. The van der Waals surface area contributed by atoms with Gasteiger partial charge in [0.1, 0.15) is 5.82 Å². The fraction of sp³-hybridized carbons (Fsp3) is 0.480. The van der Waals surface area contributed by atoms with Crippen LogP contribution < -0.4 is 10.2 Å². The Balaban J connectivity index is 1.42. The van der Waals surface area contributed by atoms with Gasteiger partial charge in [0.15, 0.2) is 5.78 Å². The Morgan fingerprint density at radius 3 is 2.97 bits per heavy atom. The van der Waals surface area contributed by atoms with Crippen LogP contribution >= 0.6 is 11.8 Å². The van der Waals surface area contributed by atoms with Crippen molar-refractivity contribution in [2.45, 2.75) is 49.0 Å². The molecule has 0 amide bonds. The predicted molar refractivity (Wildman–Crippen MR) is 121 cm³/mol. The SMILES string of the molecule is CC(CCC12CCNCC1c1cccc3c1N2CCCS3)C(=O)c1ccc(F)cc1. The number of nitrogens with zero attached hydrogens (tertiary/aromatic N) is 1. The number of piperidine rings is 1. The lowest BCUT2D eigenvalue weighted by Gasteiger charge is -2.47. The molecule has 5 heteroatoms. The smallest absolute Gasteiger partial charge is 0.165 e. The van der Waals surface area contributed by atoms with Crippen molar-refractivity contribution >= 4 is 23.2 Å². The molecule has 0 saturated carbocycles. The molecule has 3 heterocycles. The summed E-state index contributed by atoms with van der Waals surface area (Å²) in [7, 11) is 0. The third kappa shape index (κ3) is 3.27. The Labute approximate surface area is 182 Å². The Morgan fingerprint density at radius 1 is 1.30 bits per heavy atom. The fourth-order valence-electron chi connectivity index (χ4n) is 5.76. The number of hydrogen-bond acceptors (Lipinski definition) is 4. The van der Waals surface area contributed by atoms with Crippen molar-refractivity contribution in [2.24, 2.45) is 5.92 Å². The van der Waals surface area contributed by atoms with E-state index >= 15 is 0 Å². The topological polar surface area (TPSA) is 32.3 Å². The molecule has 0 aromatic heterocycles. The van der Waals surface area contributed by atoms with Crippen LogP contribution in [0.4, 0.5) is 10.1 Å². The quantitative estimate of drug-likeness (QED) is 0.664. The van der Waals surface area contributed by atoms with E-state index in [4.69, 9.17) is 0 Å². The summed E-state index contributed by atoms with van der Waals surface area (Å²) in [6.07, 6.45) is 4.20. The van der Waals surface area contributed by atoms with Gasteiger partial charge >= 0.3 is 0 Å². The molecule has 0 spiro atoms. The lowest BCUT2D eigenvalue weighted by molar-refractivity contribution is 0.0913. The van der Waals surface area contributed by atoms with Crippen LogP contribution in [-0.2, 0) is 0 Å². The monoisotopic (exact) mass is 424 g/mol. The summed E-state index contributed by atoms with van der Waals surface area (Å²) in [4.78, 5) is 17.1. The largest absolute Gasteiger partial charge is 0.364 e. The van der Waals surface area contributed by atoms with Gasteiger partial charge in [0, 0.05) is 40.9 Å². The highest BCUT2D eigenvalue weighted by molar-refractivity contribution is 7.99. The number of halogens is 1. The second-order valence-corrected chi connectivity index (χ2v) is 10.1. The van der Waals surface area contributed by atoms with Crippen LogP contribution in [-0.4, -0.2) is 36.7 Å². The maximum absolute atomic E-state index is 13.2. The molecule has 30 heavy (non-hydrogen) atoms. The summed E-state index contributed by atoms with van der Waals surface area (Å²) in [5, 5.41) is 3.63. The number of fused-ring (bicyclic) bond motifs is 3. The van der Waals surface area contributed by atoms with Crippen molar-refractivity contribution in [1.82, 2.24) is 5.32 Å². The fourth-order valence-corrected chi connectivity index (χ4v) is 6.79. The zero-order valence-electron chi connectivity index (χ0n) is 17.5. The third-order valence-corrected chi connectivity index (χ3v) is 8.45. The second kappa shape index (κ2) is 8.01. The van der Waals surface area contributed by atoms with Gasteiger partial charge in [-0.3, -0.25) is 4.79 Å². The van der Waals surface area contributed by atoms with E-state index in [1.165, 1.54) is 40.5 Å². The summed E-state index contributed by atoms with van der Waals surface area (Å²) >= 11 is 1.99. The van der Waals surface area contributed by atoms with Crippen molar-refractivity contribution in [2.75, 3.05) is 30.3 Å². The minimum absolute atomic E-state index is 0.0649. The molecule has 1 saturated heterocycles. The molecule has 0 aliphatic carbocycles. The highest BCUT2D eigenvalue weighted by atomic mass is 32.2. The molecule has 2 aromatic carbocycles. The molecule has 158 valence electrons. The minimum Gasteiger partial charge on any atom is -0.364 e. The summed E-state index contributed by atoms with van der Waals surface area (Å²) in [5.41, 5.74) is 3.68. The molecule has 1 fully saturated rings. The standard InChI is InChI=1S/C25H29FN2OS/c1-17(24(29)18-6-8-19(26)9-7-18)10-11-25-12-13-27-16-21(25)20-4-2-5-22-23(20)28(25)14-3-15-30-22/h2,4-9,17,21,27H,3,10-16H2,1H3. The van der Waals surface area contributed by atoms with Crippen LogP contribution in [0.25, 0.3) is 0 Å². The van der Waals surface area contributed by atoms with Crippen LogP contribution in [0.3, 0.4) is 0 Å². The van der Waals surface area contributed by atoms with Crippen molar-refractivity contribution in [1.29, 1.82) is 0 Å². The number of thioether (sulfide) groups is 1. The van der Waals surface area contributed by atoms with Crippen LogP contribution in [0, 0.1) is 11.7 Å². The van der Waals surface area contributed by atoms with Crippen LogP contribution in [0.2, 0.25) is 0 Å². The average molecular weight is 425 g/mol. The van der Waals surface area contributed by atoms with Crippen LogP contribution in [0.1, 0.15) is 54.4 Å². The first-order valence-corrected chi connectivity index (χ1v) is 12.1. The Hall–Kier alpha value is -1.85. The van der Waals surface area contributed by atoms with E-state index in [0.29, 0.717) is 11.5 Å². The number of Topliss-reactive ketones (excluding diaryl/α,β-unsaturated/α-hetero) is 1. The van der Waals surface area contributed by atoms with Crippen LogP contribution in [0.15, 0.2) is 47.4 Å². The second-order valence-electron chi connectivity index (χ2n) is 8.97. The molecule has 0 bridgehead atoms. The summed E-state index contributed by atoms with van der Waals surface area (Å²) in [6, 6.07) is 12.8. The lowest BCUT2D eigenvalue weighted by atomic mass is 9.72. The van der Waals surface area contributed by atoms with Gasteiger partial charge in [-0.05, 0) is 73.9 Å². The van der Waals surface area contributed by atoms with E-state index in [1.807, 2.05) is 18.7 Å². The summed E-state index contributed by atoms with van der Waals surface area (Å²) < 4.78 is 13.2. The number of rotatable bonds is 5. The maximum Gasteiger partial charge on any atom is 0.165 e. The number of ketones is 1. The van der Waals surface area contributed by atoms with Gasteiger partial charge in [-0.25, -0.2) is 4.39 Å². The molecule has 5 rings (SSSR count). The van der Waals surface area contributed by atoms with E-state index in [2.05, 4.69) is 28.4 Å². The zero-order valence-corrected chi connectivity index (χ0v) is 18.3. The highest BCUT2D eigenvalue weighted by Crippen LogP contribution is 2.56. The number of anilines is 1. The van der Waals surface area contributed by atoms with Crippen molar-refractivity contribution in [3.05, 3.63) is 59.4 Å². The predicted octanol–water partition coefficient (Wildman–Crippen LogP) is 5.26. The molecule has 3 aliphatic heterocycles. The van der Waals surface area contributed by atoms with Gasteiger partial charge in [0.2, 0.25) is 0 Å². The van der Waals surface area contributed by atoms with E-state index < -0.39 is 0 Å². The number of carbonyl (C=O) groups excluding carboxylic acids is 1. The highest BCUT2D eigenvalue weighted by Gasteiger charge is 2.53. The molecule has 3 aliphatic rings. The summed E-state index contributed by atoms with van der Waals surface area (Å²) in [6.45, 7) is 5.18. The Morgan fingerprint density at radius 2 is 2.13 bits per heavy atom. The molecule has 3 atom stereocenters. The Bertz CT molecular complexity index is 947. The maximum atomic E-state index is 13.2. The number of nitrogens with one attached hydrogen (secondary N) is 1.